The zero-order valence-electron chi connectivity index (χ0n) is 24.1. The number of carbonyl (C=O) groups excluding carboxylic acids is 2. The van der Waals surface area contributed by atoms with Gasteiger partial charge in [0.25, 0.3) is 0 Å². The number of hydrogen-bond acceptors (Lipinski definition) is 8. The largest absolute Gasteiger partial charge is 0.497 e. The topological polar surface area (TPSA) is 80.7 Å². The molecule has 2 aliphatic rings. The lowest BCUT2D eigenvalue weighted by Crippen LogP contribution is -2.38. The molecule has 0 bridgehead atoms. The van der Waals surface area contributed by atoms with Crippen LogP contribution in [0.4, 0.5) is 0 Å². The van der Waals surface area contributed by atoms with Gasteiger partial charge in [0.05, 0.1) is 38.0 Å². The Morgan fingerprint density at radius 3 is 2.17 bits per heavy atom. The first-order valence-corrected chi connectivity index (χ1v) is 14.4. The summed E-state index contributed by atoms with van der Waals surface area (Å²) in [4.78, 5) is 35.6. The van der Waals surface area contributed by atoms with Gasteiger partial charge in [0, 0.05) is 25.4 Å². The van der Waals surface area contributed by atoms with Gasteiger partial charge in [-0.3, -0.25) is 4.79 Å². The number of carbonyl (C=O) groups is 2. The molecule has 42 heavy (non-hydrogen) atoms. The molecule has 0 fully saturated rings. The highest BCUT2D eigenvalue weighted by atomic mass is 32.2. The Bertz CT molecular complexity index is 1530. The van der Waals surface area contributed by atoms with Gasteiger partial charge in [-0.15, -0.1) is 0 Å². The fourth-order valence-corrected chi connectivity index (χ4v) is 5.93. The minimum Gasteiger partial charge on any atom is -0.497 e. The van der Waals surface area contributed by atoms with Crippen molar-refractivity contribution in [2.45, 2.75) is 32.5 Å². The van der Waals surface area contributed by atoms with E-state index in [1.807, 2.05) is 90.0 Å². The lowest BCUT2D eigenvalue weighted by atomic mass is 9.93. The van der Waals surface area contributed by atoms with E-state index in [0.717, 1.165) is 22.4 Å². The lowest BCUT2D eigenvalue weighted by Gasteiger charge is -2.36. The molecule has 0 spiro atoms. The molecule has 5 rings (SSSR count). The van der Waals surface area contributed by atoms with Gasteiger partial charge in [0.1, 0.15) is 18.1 Å². The van der Waals surface area contributed by atoms with E-state index in [9.17, 15) is 9.59 Å². The maximum atomic E-state index is 13.8. The van der Waals surface area contributed by atoms with Gasteiger partial charge in [-0.25, -0.2) is 9.79 Å². The molecule has 8 nitrogen and oxygen atoms in total. The normalized spacial score (nSPS) is 15.9. The molecule has 0 aromatic heterocycles. The highest BCUT2D eigenvalue weighted by Gasteiger charge is 2.41. The molecule has 0 aliphatic carbocycles. The monoisotopic (exact) mass is 583 g/mol. The number of amides is 1. The molecule has 0 unspecified atom stereocenters. The summed E-state index contributed by atoms with van der Waals surface area (Å²) in [5.41, 5.74) is 4.38. The van der Waals surface area contributed by atoms with E-state index < -0.39 is 12.0 Å². The second-order valence-corrected chi connectivity index (χ2v) is 10.8. The summed E-state index contributed by atoms with van der Waals surface area (Å²) in [6.45, 7) is 2.43. The standard InChI is InChI=1S/C33H33N3O5S/c1-22-30(32(38)41-20-24-13-9-6-10-14-24)31(25-15-27(39-3)18-28(16-25)40-4)36-26(21-42-33(36)34-22)17-29(37)35(2)19-23-11-7-5-8-12-23/h5-16,18,21,31H,17,19-20H2,1-4H3/t31-/m0/s1. The van der Waals surface area contributed by atoms with E-state index in [2.05, 4.69) is 0 Å². The Kier molecular flexibility index (Phi) is 8.97. The zero-order valence-corrected chi connectivity index (χ0v) is 24.9. The maximum Gasteiger partial charge on any atom is 0.338 e. The number of hydrogen-bond donors (Lipinski definition) is 0. The minimum atomic E-state index is -0.613. The fourth-order valence-electron chi connectivity index (χ4n) is 4.97. The summed E-state index contributed by atoms with van der Waals surface area (Å²) in [5, 5.41) is 2.62. The van der Waals surface area contributed by atoms with Gasteiger partial charge >= 0.3 is 5.97 Å². The van der Waals surface area contributed by atoms with Gasteiger partial charge in [-0.05, 0) is 41.2 Å². The van der Waals surface area contributed by atoms with Crippen LogP contribution in [0.3, 0.4) is 0 Å². The number of allylic oxidation sites excluding steroid dienone is 1. The molecular weight excluding hydrogens is 550 g/mol. The molecule has 0 saturated heterocycles. The Morgan fingerprint density at radius 2 is 1.55 bits per heavy atom. The third-order valence-electron chi connectivity index (χ3n) is 7.14. The number of rotatable bonds is 10. The second-order valence-electron chi connectivity index (χ2n) is 10.0. The number of esters is 1. The summed E-state index contributed by atoms with van der Waals surface area (Å²) >= 11 is 1.43. The number of fused-ring (bicyclic) bond motifs is 1. The van der Waals surface area contributed by atoms with Crippen molar-refractivity contribution in [2.75, 3.05) is 21.3 Å². The number of amidine groups is 1. The predicted octanol–water partition coefficient (Wildman–Crippen LogP) is 6.07. The molecule has 1 amide bonds. The second kappa shape index (κ2) is 13.0. The van der Waals surface area contributed by atoms with Crippen molar-refractivity contribution in [1.29, 1.82) is 0 Å². The van der Waals surface area contributed by atoms with Crippen molar-refractivity contribution in [3.05, 3.63) is 118 Å². The Labute approximate surface area is 250 Å². The first-order valence-electron chi connectivity index (χ1n) is 13.5. The van der Waals surface area contributed by atoms with E-state index >= 15 is 0 Å². The molecule has 0 saturated carbocycles. The highest BCUT2D eigenvalue weighted by molar-refractivity contribution is 8.16. The van der Waals surface area contributed by atoms with Crippen molar-refractivity contribution in [3.63, 3.8) is 0 Å². The SMILES string of the molecule is COc1cc(OC)cc([C@H]2C(C(=O)OCc3ccccc3)=C(C)N=C3SC=C(CC(=O)N(C)Cc4ccccc4)N32)c1. The van der Waals surface area contributed by atoms with Crippen LogP contribution < -0.4 is 9.47 Å². The van der Waals surface area contributed by atoms with Crippen LogP contribution in [0.25, 0.3) is 0 Å². The van der Waals surface area contributed by atoms with Crippen molar-refractivity contribution in [2.24, 2.45) is 4.99 Å². The predicted molar refractivity (Wildman–Crippen MR) is 164 cm³/mol. The Morgan fingerprint density at radius 1 is 0.929 bits per heavy atom. The molecule has 216 valence electrons. The van der Waals surface area contributed by atoms with Gasteiger partial charge in [-0.1, -0.05) is 72.4 Å². The molecule has 3 aromatic rings. The van der Waals surface area contributed by atoms with Crippen LogP contribution in [-0.2, 0) is 27.5 Å². The van der Waals surface area contributed by atoms with E-state index in [4.69, 9.17) is 19.2 Å². The van der Waals surface area contributed by atoms with Gasteiger partial charge in [0.2, 0.25) is 5.91 Å². The molecular formula is C33H33N3O5S. The average molecular weight is 584 g/mol. The van der Waals surface area contributed by atoms with Gasteiger partial charge in [0.15, 0.2) is 5.17 Å². The Hall–Kier alpha value is -4.50. The molecule has 2 aliphatic heterocycles. The van der Waals surface area contributed by atoms with Crippen molar-refractivity contribution >= 4 is 28.8 Å². The first-order chi connectivity index (χ1) is 20.4. The third kappa shape index (κ3) is 6.36. The maximum absolute atomic E-state index is 13.8. The molecule has 0 N–H and O–H groups in total. The number of methoxy groups -OCH3 is 2. The number of ether oxygens (including phenoxy) is 3. The number of nitrogens with zero attached hydrogens (tertiary/aromatic N) is 3. The van der Waals surface area contributed by atoms with E-state index in [0.29, 0.717) is 34.5 Å². The van der Waals surface area contributed by atoms with Crippen molar-refractivity contribution in [3.8, 4) is 11.5 Å². The average Bonchev–Trinajstić information content (AvgIpc) is 3.41. The highest BCUT2D eigenvalue weighted by Crippen LogP contribution is 2.46. The number of benzene rings is 3. The van der Waals surface area contributed by atoms with Crippen LogP contribution in [0, 0.1) is 0 Å². The smallest absolute Gasteiger partial charge is 0.338 e. The van der Waals surface area contributed by atoms with Crippen molar-refractivity contribution in [1.82, 2.24) is 9.80 Å². The molecule has 3 aromatic carbocycles. The lowest BCUT2D eigenvalue weighted by molar-refractivity contribution is -0.141. The van der Waals surface area contributed by atoms with Crippen LogP contribution in [0.5, 0.6) is 11.5 Å². The Balaban J connectivity index is 1.48. The van der Waals surface area contributed by atoms with Gasteiger partial charge in [-0.2, -0.15) is 0 Å². The molecule has 9 heteroatoms. The fraction of sp³-hybridized carbons (Fsp3) is 0.242. The number of aliphatic imine (C=N–C) groups is 1. The van der Waals surface area contributed by atoms with Gasteiger partial charge < -0.3 is 24.0 Å². The van der Waals surface area contributed by atoms with Crippen LogP contribution in [-0.4, -0.2) is 48.1 Å². The van der Waals surface area contributed by atoms with E-state index in [1.54, 1.807) is 32.2 Å². The summed E-state index contributed by atoms with van der Waals surface area (Å²) in [6, 6.07) is 24.3. The van der Waals surface area contributed by atoms with Crippen LogP contribution in [0.2, 0.25) is 0 Å². The quantitative estimate of drug-likeness (QED) is 0.268. The summed E-state index contributed by atoms with van der Waals surface area (Å²) in [7, 11) is 4.96. The van der Waals surface area contributed by atoms with Crippen molar-refractivity contribution < 1.29 is 23.8 Å². The summed E-state index contributed by atoms with van der Waals surface area (Å²) in [6.07, 6.45) is 0.137. The molecule has 2 heterocycles. The van der Waals surface area contributed by atoms with E-state index in [-0.39, 0.29) is 18.9 Å². The minimum absolute atomic E-state index is 0.0478. The van der Waals surface area contributed by atoms with Crippen LogP contribution in [0.1, 0.15) is 36.1 Å². The molecule has 1 atom stereocenters. The van der Waals surface area contributed by atoms with Crippen LogP contribution in [0.15, 0.2) is 106 Å². The van der Waals surface area contributed by atoms with Crippen LogP contribution >= 0.6 is 11.8 Å². The molecule has 0 radical (unpaired) electrons. The third-order valence-corrected chi connectivity index (χ3v) is 8.03. The first kappa shape index (κ1) is 29.0. The number of thioether (sulfide) groups is 1. The summed E-state index contributed by atoms with van der Waals surface area (Å²) < 4.78 is 16.9. The summed E-state index contributed by atoms with van der Waals surface area (Å²) in [5.74, 6) is 0.640. The zero-order chi connectivity index (χ0) is 29.6. The van der Waals surface area contributed by atoms with E-state index in [1.165, 1.54) is 11.8 Å².